The van der Waals surface area contributed by atoms with Crippen LogP contribution in [0.2, 0.25) is 0 Å². The van der Waals surface area contributed by atoms with Crippen molar-refractivity contribution in [1.29, 1.82) is 0 Å². The Morgan fingerprint density at radius 2 is 1.64 bits per heavy atom. The van der Waals surface area contributed by atoms with Crippen LogP contribution >= 0.6 is 0 Å². The molecule has 0 saturated carbocycles. The molecule has 2 aromatic carbocycles. The molecule has 124 valence electrons. The zero-order valence-corrected chi connectivity index (χ0v) is 13.7. The molecule has 0 saturated heterocycles. The van der Waals surface area contributed by atoms with Crippen molar-refractivity contribution in [2.24, 2.45) is 0 Å². The number of carbonyl (C=O) groups is 1. The zero-order valence-electron chi connectivity index (χ0n) is 13.7. The van der Waals surface area contributed by atoms with Crippen molar-refractivity contribution in [2.45, 2.75) is 18.9 Å². The number of para-hydroxylation sites is 2. The Kier molecular flexibility index (Phi) is 4.17. The smallest absolute Gasteiger partial charge is 0.221 e. The maximum Gasteiger partial charge on any atom is 0.221 e. The summed E-state index contributed by atoms with van der Waals surface area (Å²) in [6.45, 7) is 0. The predicted octanol–water partition coefficient (Wildman–Crippen LogP) is 4.03. The van der Waals surface area contributed by atoms with Crippen LogP contribution in [0.5, 0.6) is 11.5 Å². The van der Waals surface area contributed by atoms with Crippen molar-refractivity contribution in [3.05, 3.63) is 89.7 Å². The van der Waals surface area contributed by atoms with Gasteiger partial charge in [-0.25, -0.2) is 0 Å². The lowest BCUT2D eigenvalue weighted by Crippen LogP contribution is -2.31. The Balaban J connectivity index is 1.54. The van der Waals surface area contributed by atoms with Gasteiger partial charge in [0.05, 0.1) is 6.04 Å². The molecule has 0 atom stereocenters. The Morgan fingerprint density at radius 1 is 0.960 bits per heavy atom. The summed E-state index contributed by atoms with van der Waals surface area (Å²) in [5.74, 6) is 1.60. The largest absolute Gasteiger partial charge is 0.457 e. The molecule has 1 amide bonds. The number of benzene rings is 2. The average molecular weight is 330 g/mol. The number of aryl methyl sites for hydroxylation is 1. The molecular formula is C21H18N2O2. The van der Waals surface area contributed by atoms with Gasteiger partial charge in [0.1, 0.15) is 11.5 Å². The van der Waals surface area contributed by atoms with E-state index in [1.165, 1.54) is 0 Å². The van der Waals surface area contributed by atoms with E-state index in [0.29, 0.717) is 12.8 Å². The average Bonchev–Trinajstić information content (AvgIpc) is 2.67. The molecule has 1 aliphatic rings. The van der Waals surface area contributed by atoms with Crippen LogP contribution in [0, 0.1) is 0 Å². The number of pyridine rings is 1. The number of aromatic nitrogens is 1. The monoisotopic (exact) mass is 330 g/mol. The fraction of sp³-hybridized carbons (Fsp3) is 0.143. The number of rotatable bonds is 4. The van der Waals surface area contributed by atoms with Crippen LogP contribution in [0.1, 0.15) is 29.2 Å². The van der Waals surface area contributed by atoms with Gasteiger partial charge in [-0.05, 0) is 30.2 Å². The molecule has 4 heteroatoms. The molecule has 4 rings (SSSR count). The molecule has 0 unspecified atom stereocenters. The third-order valence-corrected chi connectivity index (χ3v) is 4.35. The molecule has 4 nitrogen and oxygen atoms in total. The lowest BCUT2D eigenvalue weighted by molar-refractivity contribution is -0.121. The van der Waals surface area contributed by atoms with Gasteiger partial charge in [0.25, 0.3) is 0 Å². The fourth-order valence-corrected chi connectivity index (χ4v) is 3.10. The first-order chi connectivity index (χ1) is 12.3. The van der Waals surface area contributed by atoms with Gasteiger partial charge in [-0.15, -0.1) is 0 Å². The lowest BCUT2D eigenvalue weighted by atomic mass is 9.94. The number of fused-ring (bicyclic) bond motifs is 2. The van der Waals surface area contributed by atoms with E-state index in [2.05, 4.69) is 10.3 Å². The summed E-state index contributed by atoms with van der Waals surface area (Å²) in [7, 11) is 0. The fourth-order valence-electron chi connectivity index (χ4n) is 3.10. The summed E-state index contributed by atoms with van der Waals surface area (Å²) in [5, 5.41) is 3.16. The Bertz CT molecular complexity index is 848. The van der Waals surface area contributed by atoms with Crippen LogP contribution in [0.15, 0.2) is 73.1 Å². The highest BCUT2D eigenvalue weighted by Gasteiger charge is 2.27. The van der Waals surface area contributed by atoms with E-state index in [4.69, 9.17) is 4.74 Å². The molecule has 0 radical (unpaired) electrons. The molecule has 1 aromatic heterocycles. The van der Waals surface area contributed by atoms with E-state index in [9.17, 15) is 4.79 Å². The minimum atomic E-state index is -0.192. The molecule has 0 aliphatic carbocycles. The van der Waals surface area contributed by atoms with E-state index < -0.39 is 0 Å². The third-order valence-electron chi connectivity index (χ3n) is 4.35. The summed E-state index contributed by atoms with van der Waals surface area (Å²) in [6, 6.07) is 19.3. The minimum absolute atomic E-state index is 0.0142. The van der Waals surface area contributed by atoms with Crippen LogP contribution in [-0.2, 0) is 11.2 Å². The van der Waals surface area contributed by atoms with Crippen molar-refractivity contribution in [3.8, 4) is 11.5 Å². The normalized spacial score (nSPS) is 12.6. The number of amides is 1. The number of nitrogens with one attached hydrogen (secondary N) is 1. The van der Waals surface area contributed by atoms with Crippen molar-refractivity contribution in [3.63, 3.8) is 0 Å². The molecule has 2 heterocycles. The maximum atomic E-state index is 12.5. The third kappa shape index (κ3) is 3.24. The first-order valence-corrected chi connectivity index (χ1v) is 8.35. The van der Waals surface area contributed by atoms with Gasteiger partial charge in [0.15, 0.2) is 0 Å². The SMILES string of the molecule is O=C(CCc1cccnc1)NC1c2ccccc2Oc2ccccc21. The Labute approximate surface area is 146 Å². The van der Waals surface area contributed by atoms with Gasteiger partial charge in [-0.2, -0.15) is 0 Å². The summed E-state index contributed by atoms with van der Waals surface area (Å²) in [6.07, 6.45) is 4.63. The molecule has 1 aliphatic heterocycles. The van der Waals surface area contributed by atoms with Gasteiger partial charge in [0.2, 0.25) is 5.91 Å². The van der Waals surface area contributed by atoms with E-state index in [1.807, 2.05) is 60.7 Å². The highest BCUT2D eigenvalue weighted by Crippen LogP contribution is 2.42. The van der Waals surface area contributed by atoms with Crippen molar-refractivity contribution < 1.29 is 9.53 Å². The van der Waals surface area contributed by atoms with Crippen molar-refractivity contribution >= 4 is 5.91 Å². The summed E-state index contributed by atoms with van der Waals surface area (Å²) < 4.78 is 5.96. The first kappa shape index (κ1) is 15.4. The standard InChI is InChI=1S/C21H18N2O2/c24-20(12-11-15-6-5-13-22-14-15)23-21-16-7-1-3-9-18(16)25-19-10-4-2-8-17(19)21/h1-10,13-14,21H,11-12H2,(H,23,24). The topological polar surface area (TPSA) is 51.2 Å². The van der Waals surface area contributed by atoms with Crippen LogP contribution < -0.4 is 10.1 Å². The van der Waals surface area contributed by atoms with Crippen LogP contribution in [0.4, 0.5) is 0 Å². The van der Waals surface area contributed by atoms with Crippen LogP contribution in [0.3, 0.4) is 0 Å². The summed E-state index contributed by atoms with van der Waals surface area (Å²) in [4.78, 5) is 16.6. The highest BCUT2D eigenvalue weighted by atomic mass is 16.5. The van der Waals surface area contributed by atoms with Gasteiger partial charge < -0.3 is 10.1 Å². The molecule has 25 heavy (non-hydrogen) atoms. The number of hydrogen-bond acceptors (Lipinski definition) is 3. The summed E-state index contributed by atoms with van der Waals surface area (Å²) in [5.41, 5.74) is 3.03. The lowest BCUT2D eigenvalue weighted by Gasteiger charge is -2.28. The quantitative estimate of drug-likeness (QED) is 0.786. The second kappa shape index (κ2) is 6.77. The van der Waals surface area contributed by atoms with Crippen LogP contribution in [0.25, 0.3) is 0 Å². The second-order valence-corrected chi connectivity index (χ2v) is 6.04. The molecule has 0 bridgehead atoms. The van der Waals surface area contributed by atoms with Crippen molar-refractivity contribution in [2.75, 3.05) is 0 Å². The van der Waals surface area contributed by atoms with E-state index in [-0.39, 0.29) is 11.9 Å². The second-order valence-electron chi connectivity index (χ2n) is 6.04. The minimum Gasteiger partial charge on any atom is -0.457 e. The molecule has 0 fully saturated rings. The first-order valence-electron chi connectivity index (χ1n) is 8.35. The molecule has 3 aromatic rings. The number of ether oxygens (including phenoxy) is 1. The van der Waals surface area contributed by atoms with E-state index >= 15 is 0 Å². The number of carbonyl (C=O) groups excluding carboxylic acids is 1. The van der Waals surface area contributed by atoms with Crippen molar-refractivity contribution in [1.82, 2.24) is 10.3 Å². The molecular weight excluding hydrogens is 312 g/mol. The van der Waals surface area contributed by atoms with Gasteiger partial charge in [-0.3, -0.25) is 9.78 Å². The molecule has 0 spiro atoms. The Hall–Kier alpha value is -3.14. The van der Waals surface area contributed by atoms with Gasteiger partial charge in [0, 0.05) is 29.9 Å². The van der Waals surface area contributed by atoms with E-state index in [1.54, 1.807) is 12.4 Å². The summed E-state index contributed by atoms with van der Waals surface area (Å²) >= 11 is 0. The predicted molar refractivity (Wildman–Crippen MR) is 95.5 cm³/mol. The number of nitrogens with zero attached hydrogens (tertiary/aromatic N) is 1. The highest BCUT2D eigenvalue weighted by molar-refractivity contribution is 5.78. The van der Waals surface area contributed by atoms with Gasteiger partial charge in [-0.1, -0.05) is 42.5 Å². The van der Waals surface area contributed by atoms with Gasteiger partial charge >= 0.3 is 0 Å². The Morgan fingerprint density at radius 3 is 2.28 bits per heavy atom. The molecule has 1 N–H and O–H groups in total. The van der Waals surface area contributed by atoms with E-state index in [0.717, 1.165) is 28.2 Å². The maximum absolute atomic E-state index is 12.5. The number of hydrogen-bond donors (Lipinski definition) is 1. The zero-order chi connectivity index (χ0) is 17.1. The van der Waals surface area contributed by atoms with Crippen LogP contribution in [-0.4, -0.2) is 10.9 Å².